The van der Waals surface area contributed by atoms with Gasteiger partial charge in [0.1, 0.15) is 20.2 Å². The third-order valence-corrected chi connectivity index (χ3v) is 9.60. The van der Waals surface area contributed by atoms with Gasteiger partial charge in [0.2, 0.25) is 5.91 Å². The Kier molecular flexibility index (Phi) is 10.1. The fourth-order valence-electron chi connectivity index (χ4n) is 4.20. The molecule has 244 valence electrons. The van der Waals surface area contributed by atoms with Gasteiger partial charge in [-0.2, -0.15) is 26.3 Å². The van der Waals surface area contributed by atoms with Crippen molar-refractivity contribution in [1.82, 2.24) is 4.90 Å². The average Bonchev–Trinajstić information content (AvgIpc) is 3.51. The number of carboxylic acids is 1. The fraction of sp³-hybridized carbons (Fsp3) is 0.214. The molecule has 2 amide bonds. The second-order valence-corrected chi connectivity index (χ2v) is 14.8. The Labute approximate surface area is 271 Å². The molecule has 8 nitrogen and oxygen atoms in total. The number of carboxylic acid groups (broad SMARTS) is 1. The number of carbonyl (C=O) groups excluding carboxylic acids is 2. The summed E-state index contributed by atoms with van der Waals surface area (Å²) in [6.45, 7) is 0. The molecule has 2 N–H and O–H groups in total. The minimum Gasteiger partial charge on any atom is -0.478 e. The van der Waals surface area contributed by atoms with E-state index in [1.165, 1.54) is 41.8 Å². The number of hydrogen-bond acceptors (Lipinski definition) is 8. The predicted octanol–water partition coefficient (Wildman–Crippen LogP) is 6.79. The Morgan fingerprint density at radius 3 is 2.11 bits per heavy atom. The maximum atomic E-state index is 13.5. The predicted molar refractivity (Wildman–Crippen MR) is 165 cm³/mol. The van der Waals surface area contributed by atoms with Crippen molar-refractivity contribution in [2.75, 3.05) is 17.3 Å². The number of carbonyl (C=O) groups is 3. The van der Waals surface area contributed by atoms with Gasteiger partial charge < -0.3 is 10.4 Å². The summed E-state index contributed by atoms with van der Waals surface area (Å²) in [5, 5.41) is 12.9. The van der Waals surface area contributed by atoms with Crippen LogP contribution < -0.4 is 5.32 Å². The second-order valence-electron chi connectivity index (χ2n) is 9.89. The average molecular weight is 723 g/mol. The van der Waals surface area contributed by atoms with E-state index in [2.05, 4.69) is 5.32 Å². The monoisotopic (exact) mass is 722 g/mol. The Balaban J connectivity index is 1.62. The summed E-state index contributed by atoms with van der Waals surface area (Å²) in [6, 6.07) is 6.13. The molecule has 4 rings (SSSR count). The maximum Gasteiger partial charge on any atom is 0.416 e. The van der Waals surface area contributed by atoms with Gasteiger partial charge in [-0.1, -0.05) is 24.0 Å². The maximum absolute atomic E-state index is 13.5. The molecule has 18 heteroatoms. The lowest BCUT2D eigenvalue weighted by Gasteiger charge is -2.25. The van der Waals surface area contributed by atoms with E-state index >= 15 is 0 Å². The molecule has 0 spiro atoms. The molecule has 0 saturated carbocycles. The topological polar surface area (TPSA) is 121 Å². The number of thiocarbonyl (C=S) groups is 1. The minimum absolute atomic E-state index is 0.0174. The van der Waals surface area contributed by atoms with Gasteiger partial charge >= 0.3 is 18.3 Å². The largest absolute Gasteiger partial charge is 0.478 e. The van der Waals surface area contributed by atoms with Gasteiger partial charge in [-0.25, -0.2) is 13.2 Å². The van der Waals surface area contributed by atoms with E-state index in [0.29, 0.717) is 12.1 Å². The van der Waals surface area contributed by atoms with Gasteiger partial charge in [0, 0.05) is 16.8 Å². The molecule has 0 radical (unpaired) electrons. The van der Waals surface area contributed by atoms with Gasteiger partial charge in [0.25, 0.3) is 5.91 Å². The molecule has 1 atom stereocenters. The molecule has 2 heterocycles. The Morgan fingerprint density at radius 1 is 1.00 bits per heavy atom. The number of benzene rings is 2. The van der Waals surface area contributed by atoms with Gasteiger partial charge in [-0.05, 0) is 77.5 Å². The van der Waals surface area contributed by atoms with Crippen LogP contribution >= 0.6 is 35.3 Å². The van der Waals surface area contributed by atoms with Crippen molar-refractivity contribution in [2.24, 2.45) is 0 Å². The molecule has 0 bridgehead atoms. The van der Waals surface area contributed by atoms with E-state index in [1.54, 1.807) is 0 Å². The Bertz CT molecular complexity index is 1820. The van der Waals surface area contributed by atoms with E-state index < -0.39 is 62.9 Å². The van der Waals surface area contributed by atoms with Crippen LogP contribution in [0.2, 0.25) is 0 Å². The van der Waals surface area contributed by atoms with E-state index in [1.807, 2.05) is 0 Å². The highest BCUT2D eigenvalue weighted by Crippen LogP contribution is 2.41. The van der Waals surface area contributed by atoms with Crippen LogP contribution in [0.15, 0.2) is 58.8 Å². The van der Waals surface area contributed by atoms with Crippen LogP contribution in [-0.4, -0.2) is 58.6 Å². The summed E-state index contributed by atoms with van der Waals surface area (Å²) in [5.41, 5.74) is -3.18. The molecule has 3 aromatic rings. The molecule has 2 aromatic carbocycles. The lowest BCUT2D eigenvalue weighted by Crippen LogP contribution is -2.47. The summed E-state index contributed by atoms with van der Waals surface area (Å²) in [6.07, 6.45) is -8.18. The molecular weight excluding hydrogens is 703 g/mol. The first-order valence-electron chi connectivity index (χ1n) is 12.7. The van der Waals surface area contributed by atoms with Crippen molar-refractivity contribution >= 4 is 79.0 Å². The molecule has 0 unspecified atom stereocenters. The van der Waals surface area contributed by atoms with E-state index in [-0.39, 0.29) is 49.0 Å². The van der Waals surface area contributed by atoms with Crippen LogP contribution in [0.1, 0.15) is 32.8 Å². The number of hydrogen-bond donors (Lipinski definition) is 2. The van der Waals surface area contributed by atoms with Crippen molar-refractivity contribution in [3.8, 4) is 11.1 Å². The van der Waals surface area contributed by atoms with Crippen molar-refractivity contribution in [1.29, 1.82) is 0 Å². The molecular formula is C28H20F6N2O6S4. The third-order valence-electron chi connectivity index (χ3n) is 6.41. The molecule has 1 aliphatic heterocycles. The number of anilines is 1. The van der Waals surface area contributed by atoms with E-state index in [9.17, 15) is 49.1 Å². The first-order chi connectivity index (χ1) is 21.2. The van der Waals surface area contributed by atoms with Crippen LogP contribution in [0.25, 0.3) is 17.2 Å². The highest BCUT2D eigenvalue weighted by molar-refractivity contribution is 8.26. The first-order valence-corrected chi connectivity index (χ1v) is 16.9. The number of nitrogens with one attached hydrogen (secondary N) is 1. The molecule has 46 heavy (non-hydrogen) atoms. The lowest BCUT2D eigenvalue weighted by atomic mass is 10.0. The molecule has 1 aromatic heterocycles. The Morgan fingerprint density at radius 2 is 1.59 bits per heavy atom. The smallest absolute Gasteiger partial charge is 0.416 e. The van der Waals surface area contributed by atoms with Crippen LogP contribution in [0.5, 0.6) is 0 Å². The zero-order chi connectivity index (χ0) is 34.2. The van der Waals surface area contributed by atoms with E-state index in [0.717, 1.165) is 34.3 Å². The molecule has 0 aliphatic carbocycles. The van der Waals surface area contributed by atoms with Gasteiger partial charge in [0.05, 0.1) is 27.3 Å². The summed E-state index contributed by atoms with van der Waals surface area (Å²) < 4.78 is 104. The number of thiophene rings is 1. The fourth-order valence-corrected chi connectivity index (χ4v) is 7.13. The Hall–Kier alpha value is -3.74. The molecule has 1 aliphatic rings. The summed E-state index contributed by atoms with van der Waals surface area (Å²) in [5.74, 6) is -3.29. The van der Waals surface area contributed by atoms with Crippen molar-refractivity contribution < 1.29 is 54.3 Å². The number of thioether (sulfide) groups is 1. The highest BCUT2D eigenvalue weighted by Gasteiger charge is 2.41. The van der Waals surface area contributed by atoms with Gasteiger partial charge in [0.15, 0.2) is 0 Å². The van der Waals surface area contributed by atoms with Crippen LogP contribution in [0.4, 0.5) is 32.0 Å². The number of halogens is 6. The zero-order valence-corrected chi connectivity index (χ0v) is 26.4. The zero-order valence-electron chi connectivity index (χ0n) is 23.1. The summed E-state index contributed by atoms with van der Waals surface area (Å²) in [7, 11) is -3.60. The van der Waals surface area contributed by atoms with Gasteiger partial charge in [-0.3, -0.25) is 14.5 Å². The van der Waals surface area contributed by atoms with Crippen molar-refractivity contribution in [2.45, 2.75) is 24.8 Å². The third kappa shape index (κ3) is 8.54. The highest BCUT2D eigenvalue weighted by atomic mass is 32.2. The minimum atomic E-state index is -5.04. The molecule has 1 saturated heterocycles. The normalized spacial score (nSPS) is 15.8. The number of nitrogens with zero attached hydrogens (tertiary/aromatic N) is 1. The van der Waals surface area contributed by atoms with Crippen LogP contribution in [-0.2, 0) is 31.8 Å². The number of amides is 2. The van der Waals surface area contributed by atoms with Gasteiger partial charge in [-0.15, -0.1) is 11.3 Å². The van der Waals surface area contributed by atoms with E-state index in [4.69, 9.17) is 17.3 Å². The second kappa shape index (κ2) is 13.2. The standard InChI is InChI=1S/C28H20F6N2O6S4/c1-46(41,42)7-6-21(23(37)35-19-4-2-14(3-5-19)25(39)40)36-24(38)22(45-26(36)43)12-20-10-16(13-44-20)15-8-17(27(29,30)31)11-18(9-15)28(32,33)34/h2-5,8-13,21H,6-7H2,1H3,(H,35,37)(H,39,40)/b22-12-/t21-/m0/s1. The SMILES string of the molecule is CS(=O)(=O)CC[C@@H](C(=O)Nc1ccc(C(=O)O)cc1)N1C(=O)/C(=C/c2cc(-c3cc(C(F)(F)F)cc(C(F)(F)F)c3)cs2)SC1=S. The number of sulfone groups is 1. The molecule has 1 fully saturated rings. The van der Waals surface area contributed by atoms with Crippen LogP contribution in [0.3, 0.4) is 0 Å². The van der Waals surface area contributed by atoms with Crippen LogP contribution in [0, 0.1) is 0 Å². The number of alkyl halides is 6. The van der Waals surface area contributed by atoms with Crippen molar-refractivity contribution in [3.63, 3.8) is 0 Å². The number of rotatable bonds is 9. The lowest BCUT2D eigenvalue weighted by molar-refractivity contribution is -0.143. The first kappa shape index (κ1) is 35.1. The number of aromatic carboxylic acids is 1. The van der Waals surface area contributed by atoms with Crippen molar-refractivity contribution in [3.05, 3.63) is 80.4 Å². The summed E-state index contributed by atoms with van der Waals surface area (Å²) in [4.78, 5) is 39.0. The quantitative estimate of drug-likeness (QED) is 0.141. The summed E-state index contributed by atoms with van der Waals surface area (Å²) >= 11 is 7.02.